The molecule has 1 amide bonds. The molecule has 0 saturated carbocycles. The third-order valence-corrected chi connectivity index (χ3v) is 2.42. The standard InChI is InChI=1S/C11H21NO3/c1-8(10(14)15)12(5)9(13)6-7-11(2,3)4/h8H,6-7H2,1-5H3,(H,14,15). The number of carboxylic acid groups (broad SMARTS) is 1. The molecule has 0 aromatic carbocycles. The van der Waals surface area contributed by atoms with Crippen LogP contribution in [0.4, 0.5) is 0 Å². The molecule has 0 aliphatic heterocycles. The number of carbonyl (C=O) groups excluding carboxylic acids is 1. The smallest absolute Gasteiger partial charge is 0.326 e. The average molecular weight is 215 g/mol. The van der Waals surface area contributed by atoms with E-state index in [9.17, 15) is 9.59 Å². The van der Waals surface area contributed by atoms with Crippen molar-refractivity contribution in [3.63, 3.8) is 0 Å². The zero-order valence-corrected chi connectivity index (χ0v) is 10.2. The van der Waals surface area contributed by atoms with E-state index in [1.807, 2.05) is 0 Å². The Bertz CT molecular complexity index is 243. The summed E-state index contributed by atoms with van der Waals surface area (Å²) in [6, 6.07) is -0.752. The average Bonchev–Trinajstić information content (AvgIpc) is 2.10. The molecule has 0 aliphatic carbocycles. The number of hydrogen-bond donors (Lipinski definition) is 1. The summed E-state index contributed by atoms with van der Waals surface area (Å²) in [4.78, 5) is 23.5. The number of likely N-dealkylation sites (N-methyl/N-ethyl adjacent to an activating group) is 1. The number of nitrogens with zero attached hydrogens (tertiary/aromatic N) is 1. The van der Waals surface area contributed by atoms with E-state index < -0.39 is 12.0 Å². The fourth-order valence-electron chi connectivity index (χ4n) is 1.04. The van der Waals surface area contributed by atoms with Gasteiger partial charge in [-0.3, -0.25) is 4.79 Å². The lowest BCUT2D eigenvalue weighted by Crippen LogP contribution is -2.40. The summed E-state index contributed by atoms with van der Waals surface area (Å²) in [5.74, 6) is -1.08. The summed E-state index contributed by atoms with van der Waals surface area (Å²) < 4.78 is 0. The highest BCUT2D eigenvalue weighted by molar-refractivity contribution is 5.83. The Kier molecular flexibility index (Phi) is 4.78. The molecule has 0 aliphatic rings. The first-order chi connectivity index (χ1) is 6.65. The van der Waals surface area contributed by atoms with E-state index >= 15 is 0 Å². The SMILES string of the molecule is CC(C(=O)O)N(C)C(=O)CCC(C)(C)C. The van der Waals surface area contributed by atoms with E-state index in [-0.39, 0.29) is 11.3 Å². The van der Waals surface area contributed by atoms with E-state index in [0.29, 0.717) is 6.42 Å². The fraction of sp³-hybridized carbons (Fsp3) is 0.818. The van der Waals surface area contributed by atoms with Gasteiger partial charge in [-0.1, -0.05) is 20.8 Å². The zero-order valence-electron chi connectivity index (χ0n) is 10.2. The quantitative estimate of drug-likeness (QED) is 0.777. The van der Waals surface area contributed by atoms with Crippen LogP contribution in [0.5, 0.6) is 0 Å². The minimum atomic E-state index is -0.971. The summed E-state index contributed by atoms with van der Waals surface area (Å²) in [6.45, 7) is 7.68. The maximum Gasteiger partial charge on any atom is 0.326 e. The second-order valence-electron chi connectivity index (χ2n) is 5.08. The highest BCUT2D eigenvalue weighted by Crippen LogP contribution is 2.21. The Morgan fingerprint density at radius 2 is 1.80 bits per heavy atom. The van der Waals surface area contributed by atoms with Gasteiger partial charge >= 0.3 is 5.97 Å². The van der Waals surface area contributed by atoms with Crippen molar-refractivity contribution in [3.8, 4) is 0 Å². The van der Waals surface area contributed by atoms with Crippen LogP contribution >= 0.6 is 0 Å². The van der Waals surface area contributed by atoms with Crippen molar-refractivity contribution in [2.45, 2.75) is 46.6 Å². The molecule has 4 heteroatoms. The van der Waals surface area contributed by atoms with Crippen LogP contribution in [0.2, 0.25) is 0 Å². The molecule has 15 heavy (non-hydrogen) atoms. The third-order valence-electron chi connectivity index (χ3n) is 2.42. The van der Waals surface area contributed by atoms with Crippen LogP contribution in [0.3, 0.4) is 0 Å². The lowest BCUT2D eigenvalue weighted by atomic mass is 9.90. The van der Waals surface area contributed by atoms with Crippen molar-refractivity contribution in [2.24, 2.45) is 5.41 Å². The Morgan fingerprint density at radius 1 is 1.33 bits per heavy atom. The molecule has 0 aromatic heterocycles. The fourth-order valence-corrected chi connectivity index (χ4v) is 1.04. The lowest BCUT2D eigenvalue weighted by Gasteiger charge is -2.24. The molecule has 0 bridgehead atoms. The monoisotopic (exact) mass is 215 g/mol. The predicted octanol–water partition coefficient (Wildman–Crippen LogP) is 1.74. The Labute approximate surface area is 91.3 Å². The second kappa shape index (κ2) is 5.14. The van der Waals surface area contributed by atoms with Crippen LogP contribution < -0.4 is 0 Å². The maximum atomic E-state index is 11.6. The van der Waals surface area contributed by atoms with Gasteiger partial charge in [0.1, 0.15) is 6.04 Å². The normalized spacial score (nSPS) is 13.4. The molecule has 4 nitrogen and oxygen atoms in total. The van der Waals surface area contributed by atoms with Gasteiger partial charge in [0.15, 0.2) is 0 Å². The first kappa shape index (κ1) is 13.9. The second-order valence-corrected chi connectivity index (χ2v) is 5.08. The van der Waals surface area contributed by atoms with Gasteiger partial charge in [-0.15, -0.1) is 0 Å². The van der Waals surface area contributed by atoms with Crippen molar-refractivity contribution >= 4 is 11.9 Å². The molecule has 1 N–H and O–H groups in total. The lowest BCUT2D eigenvalue weighted by molar-refractivity contribution is -0.148. The van der Waals surface area contributed by atoms with Crippen molar-refractivity contribution in [1.29, 1.82) is 0 Å². The number of hydrogen-bond acceptors (Lipinski definition) is 2. The van der Waals surface area contributed by atoms with Crippen LogP contribution in [0.25, 0.3) is 0 Å². The number of carboxylic acids is 1. The van der Waals surface area contributed by atoms with Gasteiger partial charge < -0.3 is 10.0 Å². The molecule has 88 valence electrons. The third kappa shape index (κ3) is 5.40. The van der Waals surface area contributed by atoms with Crippen LogP contribution in [-0.2, 0) is 9.59 Å². The summed E-state index contributed by atoms with van der Waals surface area (Å²) in [6.07, 6.45) is 1.17. The molecule has 1 atom stereocenters. The van der Waals surface area contributed by atoms with Crippen molar-refractivity contribution < 1.29 is 14.7 Å². The first-order valence-electron chi connectivity index (χ1n) is 5.13. The van der Waals surface area contributed by atoms with Crippen molar-refractivity contribution in [3.05, 3.63) is 0 Å². The topological polar surface area (TPSA) is 57.6 Å². The molecule has 0 fully saturated rings. The molecule has 0 aromatic rings. The molecule has 0 heterocycles. The van der Waals surface area contributed by atoms with Gasteiger partial charge in [0.05, 0.1) is 0 Å². The van der Waals surface area contributed by atoms with Gasteiger partial charge in [0.25, 0.3) is 0 Å². The summed E-state index contributed by atoms with van der Waals surface area (Å²) in [5.41, 5.74) is 0.100. The molecule has 0 spiro atoms. The largest absolute Gasteiger partial charge is 0.480 e. The highest BCUT2D eigenvalue weighted by atomic mass is 16.4. The Morgan fingerprint density at radius 3 is 2.13 bits per heavy atom. The molecule has 0 saturated heterocycles. The van der Waals surface area contributed by atoms with E-state index in [1.165, 1.54) is 18.9 Å². The summed E-state index contributed by atoms with van der Waals surface area (Å²) in [7, 11) is 1.53. The van der Waals surface area contributed by atoms with Crippen LogP contribution in [-0.4, -0.2) is 35.0 Å². The number of amides is 1. The first-order valence-corrected chi connectivity index (χ1v) is 5.13. The van der Waals surface area contributed by atoms with E-state index in [0.717, 1.165) is 6.42 Å². The highest BCUT2D eigenvalue weighted by Gasteiger charge is 2.22. The van der Waals surface area contributed by atoms with E-state index in [4.69, 9.17) is 5.11 Å². The molecule has 0 rings (SSSR count). The van der Waals surface area contributed by atoms with Crippen LogP contribution in [0.1, 0.15) is 40.5 Å². The van der Waals surface area contributed by atoms with E-state index in [1.54, 1.807) is 0 Å². The molecule has 1 unspecified atom stereocenters. The molecule has 0 radical (unpaired) electrons. The molecular weight excluding hydrogens is 194 g/mol. The molecular formula is C11H21NO3. The number of rotatable bonds is 4. The van der Waals surface area contributed by atoms with Gasteiger partial charge in [-0.05, 0) is 18.8 Å². The summed E-state index contributed by atoms with van der Waals surface area (Å²) in [5, 5.41) is 8.74. The van der Waals surface area contributed by atoms with Gasteiger partial charge in [0, 0.05) is 13.5 Å². The van der Waals surface area contributed by atoms with Crippen LogP contribution in [0.15, 0.2) is 0 Å². The minimum absolute atomic E-state index is 0.100. The summed E-state index contributed by atoms with van der Waals surface area (Å²) >= 11 is 0. The zero-order chi connectivity index (χ0) is 12.2. The van der Waals surface area contributed by atoms with Gasteiger partial charge in [0.2, 0.25) is 5.91 Å². The minimum Gasteiger partial charge on any atom is -0.480 e. The van der Waals surface area contributed by atoms with Gasteiger partial charge in [-0.25, -0.2) is 4.79 Å². The van der Waals surface area contributed by atoms with Crippen molar-refractivity contribution in [2.75, 3.05) is 7.05 Å². The maximum absolute atomic E-state index is 11.6. The Hall–Kier alpha value is -1.06. The van der Waals surface area contributed by atoms with Gasteiger partial charge in [-0.2, -0.15) is 0 Å². The number of carbonyl (C=O) groups is 2. The van der Waals surface area contributed by atoms with Crippen molar-refractivity contribution in [1.82, 2.24) is 4.90 Å². The van der Waals surface area contributed by atoms with E-state index in [2.05, 4.69) is 20.8 Å². The number of aliphatic carboxylic acids is 1. The van der Waals surface area contributed by atoms with Crippen LogP contribution in [0, 0.1) is 5.41 Å². The predicted molar refractivity (Wildman–Crippen MR) is 58.6 cm³/mol. The Balaban J connectivity index is 4.17.